The van der Waals surface area contributed by atoms with Gasteiger partial charge in [0.1, 0.15) is 0 Å². The molecule has 1 aliphatic heterocycles. The number of rotatable bonds is 6. The Hall–Kier alpha value is -0.850. The van der Waals surface area contributed by atoms with Crippen LogP contribution in [-0.4, -0.2) is 84.0 Å². The maximum absolute atomic E-state index is 12.6. The first kappa shape index (κ1) is 22.2. The lowest BCUT2D eigenvalue weighted by atomic mass is 9.85. The monoisotopic (exact) mass is 375 g/mol. The van der Waals surface area contributed by atoms with Crippen molar-refractivity contribution < 1.29 is 14.7 Å². The third-order valence-corrected chi connectivity index (χ3v) is 5.88. The Morgan fingerprint density at radius 2 is 1.68 bits per heavy atom. The van der Waals surface area contributed by atoms with Crippen LogP contribution in [0.15, 0.2) is 0 Å². The summed E-state index contributed by atoms with van der Waals surface area (Å²) in [6.07, 6.45) is 6.74. The molecule has 0 radical (unpaired) electrons. The number of nitrogens with zero attached hydrogens (tertiary/aromatic N) is 3. The molecule has 2 fully saturated rings. The highest BCUT2D eigenvalue weighted by atomic mass is 35.5. The zero-order chi connectivity index (χ0) is 17.7. The normalized spacial score (nSPS) is 25.4. The standard InChI is InChI=1S/C18H33N3O3.ClH/c1-14-6-4-5-7-16(14)20(3)17(22)12-21-10-8-15(9-11-21)19(2)13-18(23)24;/h14-16H,4-13H2,1-3H3,(H,23,24);1H. The molecule has 1 saturated heterocycles. The Morgan fingerprint density at radius 1 is 1.08 bits per heavy atom. The fraction of sp³-hybridized carbons (Fsp3) is 0.889. The second kappa shape index (κ2) is 10.3. The third kappa shape index (κ3) is 6.42. The Morgan fingerprint density at radius 3 is 2.24 bits per heavy atom. The summed E-state index contributed by atoms with van der Waals surface area (Å²) in [5.74, 6) is 0.0486. The predicted molar refractivity (Wildman–Crippen MR) is 101 cm³/mol. The van der Waals surface area contributed by atoms with Crippen LogP contribution in [0.2, 0.25) is 0 Å². The van der Waals surface area contributed by atoms with Crippen LogP contribution in [0.3, 0.4) is 0 Å². The molecule has 0 spiro atoms. The van der Waals surface area contributed by atoms with Gasteiger partial charge in [-0.1, -0.05) is 19.8 Å². The molecule has 7 heteroatoms. The molecule has 1 amide bonds. The molecule has 2 rings (SSSR count). The lowest BCUT2D eigenvalue weighted by Gasteiger charge is -2.39. The quantitative estimate of drug-likeness (QED) is 0.768. The second-order valence-electron chi connectivity index (χ2n) is 7.65. The van der Waals surface area contributed by atoms with Gasteiger partial charge in [0.2, 0.25) is 5.91 Å². The average Bonchev–Trinajstić information content (AvgIpc) is 2.54. The maximum atomic E-state index is 12.6. The first-order valence-corrected chi connectivity index (χ1v) is 9.28. The van der Waals surface area contributed by atoms with E-state index >= 15 is 0 Å². The highest BCUT2D eigenvalue weighted by Crippen LogP contribution is 2.27. The molecule has 25 heavy (non-hydrogen) atoms. The SMILES string of the molecule is CC1CCCCC1N(C)C(=O)CN1CCC(N(C)CC(=O)O)CC1.Cl. The van der Waals surface area contributed by atoms with Gasteiger partial charge in [-0.25, -0.2) is 0 Å². The zero-order valence-corrected chi connectivity index (χ0v) is 16.6. The summed E-state index contributed by atoms with van der Waals surface area (Å²) >= 11 is 0. The summed E-state index contributed by atoms with van der Waals surface area (Å²) in [5, 5.41) is 8.89. The molecule has 0 bridgehead atoms. The van der Waals surface area contributed by atoms with Crippen molar-refractivity contribution in [1.82, 2.24) is 14.7 Å². The smallest absolute Gasteiger partial charge is 0.317 e. The number of amides is 1. The van der Waals surface area contributed by atoms with E-state index in [4.69, 9.17) is 5.11 Å². The van der Waals surface area contributed by atoms with E-state index in [0.717, 1.165) is 32.4 Å². The van der Waals surface area contributed by atoms with Crippen LogP contribution in [0.4, 0.5) is 0 Å². The van der Waals surface area contributed by atoms with Crippen molar-refractivity contribution in [2.75, 3.05) is 40.3 Å². The highest BCUT2D eigenvalue weighted by Gasteiger charge is 2.30. The number of hydrogen-bond donors (Lipinski definition) is 1. The van der Waals surface area contributed by atoms with Gasteiger partial charge < -0.3 is 10.0 Å². The average molecular weight is 376 g/mol. The van der Waals surface area contributed by atoms with Crippen molar-refractivity contribution in [3.8, 4) is 0 Å². The number of carbonyl (C=O) groups is 2. The molecule has 0 aromatic rings. The fourth-order valence-electron chi connectivity index (χ4n) is 4.22. The number of carboxylic acids is 1. The number of carbonyl (C=O) groups excluding carboxylic acids is 1. The molecule has 1 aliphatic carbocycles. The molecular weight excluding hydrogens is 342 g/mol. The van der Waals surface area contributed by atoms with Crippen LogP contribution < -0.4 is 0 Å². The van der Waals surface area contributed by atoms with Crippen molar-refractivity contribution >= 4 is 24.3 Å². The Labute approximate surface area is 157 Å². The van der Waals surface area contributed by atoms with Gasteiger partial charge in [-0.05, 0) is 38.6 Å². The summed E-state index contributed by atoms with van der Waals surface area (Å²) in [7, 11) is 3.83. The van der Waals surface area contributed by atoms with Gasteiger partial charge in [-0.15, -0.1) is 12.4 Å². The third-order valence-electron chi connectivity index (χ3n) is 5.88. The summed E-state index contributed by atoms with van der Waals surface area (Å²) in [6.45, 7) is 4.58. The first-order valence-electron chi connectivity index (χ1n) is 9.28. The van der Waals surface area contributed by atoms with Gasteiger partial charge in [-0.3, -0.25) is 19.4 Å². The minimum absolute atomic E-state index is 0. The van der Waals surface area contributed by atoms with E-state index in [1.807, 2.05) is 23.9 Å². The molecule has 146 valence electrons. The van der Waals surface area contributed by atoms with E-state index in [1.165, 1.54) is 19.3 Å². The molecule has 6 nitrogen and oxygen atoms in total. The molecule has 0 aromatic heterocycles. The van der Waals surface area contributed by atoms with Crippen molar-refractivity contribution in [3.05, 3.63) is 0 Å². The van der Waals surface area contributed by atoms with Gasteiger partial charge in [0.15, 0.2) is 0 Å². The van der Waals surface area contributed by atoms with Gasteiger partial charge in [0.25, 0.3) is 0 Å². The van der Waals surface area contributed by atoms with E-state index in [-0.39, 0.29) is 24.9 Å². The van der Waals surface area contributed by atoms with Gasteiger partial charge in [-0.2, -0.15) is 0 Å². The van der Waals surface area contributed by atoms with Gasteiger partial charge >= 0.3 is 5.97 Å². The van der Waals surface area contributed by atoms with Crippen LogP contribution >= 0.6 is 12.4 Å². The Bertz CT molecular complexity index is 441. The minimum atomic E-state index is -0.779. The van der Waals surface area contributed by atoms with E-state index < -0.39 is 5.97 Å². The van der Waals surface area contributed by atoms with Gasteiger partial charge in [0.05, 0.1) is 13.1 Å². The number of aliphatic carboxylic acids is 1. The fourth-order valence-corrected chi connectivity index (χ4v) is 4.22. The predicted octanol–water partition coefficient (Wildman–Crippen LogP) is 1.93. The van der Waals surface area contributed by atoms with E-state index in [0.29, 0.717) is 24.5 Å². The molecule has 1 saturated carbocycles. The Balaban J connectivity index is 0.00000312. The first-order chi connectivity index (χ1) is 11.4. The topological polar surface area (TPSA) is 64.1 Å². The number of hydrogen-bond acceptors (Lipinski definition) is 4. The molecular formula is C18H34ClN3O3. The van der Waals surface area contributed by atoms with E-state index in [2.05, 4.69) is 11.8 Å². The van der Waals surface area contributed by atoms with Crippen LogP contribution in [0.25, 0.3) is 0 Å². The molecule has 2 atom stereocenters. The summed E-state index contributed by atoms with van der Waals surface area (Å²) < 4.78 is 0. The number of carboxylic acid groups (broad SMARTS) is 1. The van der Waals surface area contributed by atoms with E-state index in [1.54, 1.807) is 0 Å². The van der Waals surface area contributed by atoms with Crippen LogP contribution in [0.5, 0.6) is 0 Å². The summed E-state index contributed by atoms with van der Waals surface area (Å²) in [5.41, 5.74) is 0. The maximum Gasteiger partial charge on any atom is 0.317 e. The number of likely N-dealkylation sites (N-methyl/N-ethyl adjacent to an activating group) is 2. The van der Waals surface area contributed by atoms with Crippen molar-refractivity contribution in [3.63, 3.8) is 0 Å². The van der Waals surface area contributed by atoms with Gasteiger partial charge in [0, 0.05) is 32.2 Å². The second-order valence-corrected chi connectivity index (χ2v) is 7.65. The van der Waals surface area contributed by atoms with Crippen molar-refractivity contribution in [2.24, 2.45) is 5.92 Å². The molecule has 2 aliphatic rings. The van der Waals surface area contributed by atoms with Crippen molar-refractivity contribution in [2.45, 2.75) is 57.5 Å². The van der Waals surface area contributed by atoms with E-state index in [9.17, 15) is 9.59 Å². The minimum Gasteiger partial charge on any atom is -0.480 e. The number of halogens is 1. The zero-order valence-electron chi connectivity index (χ0n) is 15.8. The number of likely N-dealkylation sites (tertiary alicyclic amines) is 1. The molecule has 2 unspecified atom stereocenters. The Kier molecular flexibility index (Phi) is 9.17. The number of piperidine rings is 1. The molecule has 0 aromatic carbocycles. The van der Waals surface area contributed by atoms with Crippen LogP contribution in [0, 0.1) is 5.92 Å². The lowest BCUT2D eigenvalue weighted by Crippen LogP contribution is -2.50. The largest absolute Gasteiger partial charge is 0.480 e. The summed E-state index contributed by atoms with van der Waals surface area (Å²) in [6, 6.07) is 0.703. The molecule has 1 N–H and O–H groups in total. The summed E-state index contributed by atoms with van der Waals surface area (Å²) in [4.78, 5) is 29.5. The van der Waals surface area contributed by atoms with Crippen LogP contribution in [-0.2, 0) is 9.59 Å². The van der Waals surface area contributed by atoms with Crippen LogP contribution in [0.1, 0.15) is 45.4 Å². The van der Waals surface area contributed by atoms with Crippen molar-refractivity contribution in [1.29, 1.82) is 0 Å². The lowest BCUT2D eigenvalue weighted by molar-refractivity contribution is -0.138. The highest BCUT2D eigenvalue weighted by molar-refractivity contribution is 5.85. The molecule has 1 heterocycles.